The lowest BCUT2D eigenvalue weighted by Crippen LogP contribution is -2.09. The van der Waals surface area contributed by atoms with E-state index in [1.165, 1.54) is 40.4 Å². The van der Waals surface area contributed by atoms with Gasteiger partial charge in [-0.2, -0.15) is 0 Å². The summed E-state index contributed by atoms with van der Waals surface area (Å²) in [5.41, 5.74) is 1.68. The summed E-state index contributed by atoms with van der Waals surface area (Å²) in [6, 6.07) is 0. The van der Waals surface area contributed by atoms with Gasteiger partial charge in [0.2, 0.25) is 0 Å². The minimum Gasteiger partial charge on any atom is -0.147 e. The van der Waals surface area contributed by atoms with Crippen LogP contribution in [0.5, 0.6) is 0 Å². The van der Waals surface area contributed by atoms with E-state index in [-0.39, 0.29) is 12.4 Å². The van der Waals surface area contributed by atoms with E-state index in [2.05, 4.69) is 20.8 Å². The van der Waals surface area contributed by atoms with E-state index in [9.17, 15) is 0 Å². The summed E-state index contributed by atoms with van der Waals surface area (Å²) in [5.74, 6) is 0. The first-order valence-corrected chi connectivity index (χ1v) is 6.10. The maximum Gasteiger partial charge on any atom is -0.0236 e. The fourth-order valence-corrected chi connectivity index (χ4v) is 3.30. The first-order chi connectivity index (χ1) is 5.08. The van der Waals surface area contributed by atoms with Gasteiger partial charge in [-0.1, -0.05) is 33.6 Å². The van der Waals surface area contributed by atoms with Crippen molar-refractivity contribution in [3.05, 3.63) is 0 Å². The summed E-state index contributed by atoms with van der Waals surface area (Å²) in [7, 11) is 1.24. The molecule has 0 aromatic rings. The van der Waals surface area contributed by atoms with Crippen LogP contribution in [0.4, 0.5) is 0 Å². The predicted molar refractivity (Wildman–Crippen MR) is 62.1 cm³/mol. The second kappa shape index (κ2) is 5.45. The zero-order valence-electron chi connectivity index (χ0n) is 8.52. The largest absolute Gasteiger partial charge is 0.147 e. The molecule has 0 spiro atoms. The van der Waals surface area contributed by atoms with Gasteiger partial charge in [-0.05, 0) is 30.1 Å². The van der Waals surface area contributed by atoms with E-state index in [0.29, 0.717) is 5.41 Å². The van der Waals surface area contributed by atoms with E-state index >= 15 is 0 Å². The van der Waals surface area contributed by atoms with Crippen LogP contribution in [0.1, 0.15) is 46.5 Å². The third-order valence-electron chi connectivity index (χ3n) is 2.28. The molecule has 1 saturated carbocycles. The summed E-state index contributed by atoms with van der Waals surface area (Å²) in [4.78, 5) is 0. The van der Waals surface area contributed by atoms with Crippen molar-refractivity contribution in [2.24, 2.45) is 5.41 Å². The monoisotopic (exact) mass is 208 g/mol. The molecule has 0 saturated heterocycles. The van der Waals surface area contributed by atoms with Crippen molar-refractivity contribution in [2.75, 3.05) is 6.16 Å². The maximum atomic E-state index is 2.36. The van der Waals surface area contributed by atoms with Gasteiger partial charge in [-0.15, -0.1) is 21.0 Å². The highest BCUT2D eigenvalue weighted by Gasteiger charge is 2.18. The van der Waals surface area contributed by atoms with Crippen molar-refractivity contribution < 1.29 is 0 Å². The Bertz CT molecular complexity index is 111. The van der Waals surface area contributed by atoms with Gasteiger partial charge >= 0.3 is 0 Å². The SMILES string of the molecule is CC(C)(C)CPC1CCCC1.Cl. The van der Waals surface area contributed by atoms with Gasteiger partial charge in [0.25, 0.3) is 0 Å². The number of halogens is 1. The van der Waals surface area contributed by atoms with Crippen LogP contribution in [0.3, 0.4) is 0 Å². The van der Waals surface area contributed by atoms with E-state index in [0.717, 1.165) is 5.66 Å². The predicted octanol–water partition coefficient (Wildman–Crippen LogP) is 4.08. The molecular weight excluding hydrogens is 187 g/mol. The van der Waals surface area contributed by atoms with Crippen molar-refractivity contribution in [2.45, 2.75) is 52.1 Å². The average Bonchev–Trinajstić information content (AvgIpc) is 2.32. The Morgan fingerprint density at radius 2 is 1.67 bits per heavy atom. The van der Waals surface area contributed by atoms with Crippen molar-refractivity contribution >= 4 is 21.0 Å². The molecule has 0 amide bonds. The zero-order valence-corrected chi connectivity index (χ0v) is 10.3. The fourth-order valence-electron chi connectivity index (χ4n) is 1.58. The maximum absolute atomic E-state index is 2.36. The molecule has 1 unspecified atom stereocenters. The molecule has 0 heterocycles. The summed E-state index contributed by atoms with van der Waals surface area (Å²) < 4.78 is 0. The molecule has 1 rings (SSSR count). The molecule has 1 fully saturated rings. The standard InChI is InChI=1S/C10H21P.ClH/c1-10(2,3)8-11-9-6-4-5-7-9;/h9,11H,4-8H2,1-3H3;1H. The molecule has 0 nitrogen and oxygen atoms in total. The van der Waals surface area contributed by atoms with Crippen LogP contribution in [0.2, 0.25) is 0 Å². The van der Waals surface area contributed by atoms with E-state index in [1.54, 1.807) is 0 Å². The molecule has 0 aliphatic heterocycles. The molecule has 0 N–H and O–H groups in total. The molecular formula is C10H22ClP. The Labute approximate surface area is 85.1 Å². The Morgan fingerprint density at radius 1 is 1.17 bits per heavy atom. The first-order valence-electron chi connectivity index (χ1n) is 4.81. The molecule has 74 valence electrons. The van der Waals surface area contributed by atoms with Crippen LogP contribution in [-0.4, -0.2) is 11.8 Å². The summed E-state index contributed by atoms with van der Waals surface area (Å²) in [5, 5.41) is 0. The quantitative estimate of drug-likeness (QED) is 0.600. The van der Waals surface area contributed by atoms with Crippen LogP contribution in [0, 0.1) is 5.41 Å². The van der Waals surface area contributed by atoms with Gasteiger partial charge in [-0.3, -0.25) is 0 Å². The Balaban J connectivity index is 0.00000121. The summed E-state index contributed by atoms with van der Waals surface area (Å²) in [6.45, 7) is 7.07. The highest BCUT2D eigenvalue weighted by atomic mass is 35.5. The highest BCUT2D eigenvalue weighted by molar-refractivity contribution is 7.38. The smallest absolute Gasteiger partial charge is 0.0236 e. The molecule has 12 heavy (non-hydrogen) atoms. The summed E-state index contributed by atoms with van der Waals surface area (Å²) in [6.07, 6.45) is 7.49. The number of hydrogen-bond donors (Lipinski definition) is 0. The third-order valence-corrected chi connectivity index (χ3v) is 4.70. The second-order valence-corrected chi connectivity index (χ2v) is 6.50. The molecule has 1 aliphatic carbocycles. The van der Waals surface area contributed by atoms with Crippen LogP contribution in [0.25, 0.3) is 0 Å². The Kier molecular flexibility index (Phi) is 5.78. The van der Waals surface area contributed by atoms with Gasteiger partial charge in [0.1, 0.15) is 0 Å². The Hall–Kier alpha value is 0.720. The van der Waals surface area contributed by atoms with Crippen molar-refractivity contribution in [3.8, 4) is 0 Å². The van der Waals surface area contributed by atoms with Gasteiger partial charge in [0, 0.05) is 0 Å². The normalized spacial score (nSPS) is 20.2. The molecule has 1 atom stereocenters. The van der Waals surface area contributed by atoms with Crippen LogP contribution in [-0.2, 0) is 0 Å². The number of hydrogen-bond acceptors (Lipinski definition) is 0. The molecule has 1 aliphatic rings. The minimum absolute atomic E-state index is 0. The van der Waals surface area contributed by atoms with Gasteiger partial charge in [-0.25, -0.2) is 0 Å². The molecule has 0 aromatic carbocycles. The molecule has 0 bridgehead atoms. The molecule has 2 heteroatoms. The molecule has 0 radical (unpaired) electrons. The zero-order chi connectivity index (χ0) is 8.32. The van der Waals surface area contributed by atoms with E-state index in [1.807, 2.05) is 0 Å². The lowest BCUT2D eigenvalue weighted by Gasteiger charge is -2.20. The van der Waals surface area contributed by atoms with Crippen LogP contribution < -0.4 is 0 Å². The van der Waals surface area contributed by atoms with Crippen molar-refractivity contribution in [1.82, 2.24) is 0 Å². The second-order valence-electron chi connectivity index (χ2n) is 4.92. The van der Waals surface area contributed by atoms with E-state index < -0.39 is 0 Å². The lowest BCUT2D eigenvalue weighted by atomic mass is 10.0. The summed E-state index contributed by atoms with van der Waals surface area (Å²) >= 11 is 0. The molecule has 0 aromatic heterocycles. The van der Waals surface area contributed by atoms with Crippen LogP contribution in [0.15, 0.2) is 0 Å². The lowest BCUT2D eigenvalue weighted by molar-refractivity contribution is 0.477. The fraction of sp³-hybridized carbons (Fsp3) is 1.00. The van der Waals surface area contributed by atoms with Gasteiger partial charge in [0.05, 0.1) is 0 Å². The van der Waals surface area contributed by atoms with Gasteiger partial charge in [0.15, 0.2) is 0 Å². The first kappa shape index (κ1) is 12.7. The van der Waals surface area contributed by atoms with Crippen molar-refractivity contribution in [3.63, 3.8) is 0 Å². The Morgan fingerprint density at radius 3 is 2.08 bits per heavy atom. The van der Waals surface area contributed by atoms with Gasteiger partial charge < -0.3 is 0 Å². The topological polar surface area (TPSA) is 0 Å². The van der Waals surface area contributed by atoms with Crippen molar-refractivity contribution in [1.29, 1.82) is 0 Å². The highest BCUT2D eigenvalue weighted by Crippen LogP contribution is 2.37. The minimum atomic E-state index is 0. The number of rotatable bonds is 2. The van der Waals surface area contributed by atoms with Crippen LogP contribution >= 0.6 is 21.0 Å². The average molecular weight is 209 g/mol. The van der Waals surface area contributed by atoms with E-state index in [4.69, 9.17) is 0 Å². The third kappa shape index (κ3) is 5.38.